The van der Waals surface area contributed by atoms with Crippen molar-refractivity contribution >= 4 is 21.7 Å². The number of anilines is 1. The van der Waals surface area contributed by atoms with E-state index in [-0.39, 0.29) is 0 Å². The van der Waals surface area contributed by atoms with Crippen molar-refractivity contribution in [1.82, 2.24) is 9.97 Å². The van der Waals surface area contributed by atoms with Crippen LogP contribution in [0.5, 0.6) is 5.88 Å². The highest BCUT2D eigenvalue weighted by atomic mass is 79.9. The number of nitrogens with zero attached hydrogens (tertiary/aromatic N) is 2. The third kappa shape index (κ3) is 2.97. The summed E-state index contributed by atoms with van der Waals surface area (Å²) in [6.07, 6.45) is 3.07. The highest BCUT2D eigenvalue weighted by Gasteiger charge is 2.09. The lowest BCUT2D eigenvalue weighted by Gasteiger charge is -2.09. The zero-order valence-corrected chi connectivity index (χ0v) is 10.9. The second-order valence-electron chi connectivity index (χ2n) is 3.24. The van der Waals surface area contributed by atoms with Crippen LogP contribution in [0.2, 0.25) is 0 Å². The van der Waals surface area contributed by atoms with Gasteiger partial charge in [0, 0.05) is 6.54 Å². The average Bonchev–Trinajstić information content (AvgIpc) is 2.83. The van der Waals surface area contributed by atoms with E-state index < -0.39 is 0 Å². The molecule has 0 aliphatic rings. The Morgan fingerprint density at radius 1 is 1.47 bits per heavy atom. The Morgan fingerprint density at radius 3 is 3.06 bits per heavy atom. The van der Waals surface area contributed by atoms with Crippen LogP contribution < -0.4 is 10.1 Å². The van der Waals surface area contributed by atoms with Gasteiger partial charge in [0.05, 0.1) is 6.26 Å². The van der Waals surface area contributed by atoms with Gasteiger partial charge in [-0.05, 0) is 35.0 Å². The van der Waals surface area contributed by atoms with Gasteiger partial charge >= 0.3 is 0 Å². The van der Waals surface area contributed by atoms with Gasteiger partial charge in [0.25, 0.3) is 0 Å². The van der Waals surface area contributed by atoms with Crippen LogP contribution in [0, 0.1) is 0 Å². The van der Waals surface area contributed by atoms with Gasteiger partial charge in [-0.1, -0.05) is 0 Å². The third-order valence-corrected chi connectivity index (χ3v) is 2.75. The van der Waals surface area contributed by atoms with Crippen LogP contribution in [-0.2, 0) is 6.61 Å². The molecular weight excluding hydrogens is 286 g/mol. The molecule has 0 bridgehead atoms. The van der Waals surface area contributed by atoms with Crippen molar-refractivity contribution in [3.8, 4) is 5.88 Å². The van der Waals surface area contributed by atoms with Crippen LogP contribution in [-0.4, -0.2) is 16.5 Å². The SMILES string of the molecule is CCNc1ncnc(OCc2ccco2)c1Br. The van der Waals surface area contributed by atoms with Gasteiger partial charge in [0.15, 0.2) is 0 Å². The molecule has 0 aromatic carbocycles. The number of hydrogen-bond acceptors (Lipinski definition) is 5. The molecule has 0 aliphatic heterocycles. The second kappa shape index (κ2) is 5.67. The van der Waals surface area contributed by atoms with E-state index in [1.54, 1.807) is 6.26 Å². The van der Waals surface area contributed by atoms with Gasteiger partial charge < -0.3 is 14.5 Å². The van der Waals surface area contributed by atoms with Crippen molar-refractivity contribution in [3.63, 3.8) is 0 Å². The summed E-state index contributed by atoms with van der Waals surface area (Å²) in [6.45, 7) is 3.12. The van der Waals surface area contributed by atoms with E-state index in [4.69, 9.17) is 9.15 Å². The first-order valence-corrected chi connectivity index (χ1v) is 6.00. The Kier molecular flexibility index (Phi) is 3.98. The zero-order chi connectivity index (χ0) is 12.1. The Hall–Kier alpha value is -1.56. The monoisotopic (exact) mass is 297 g/mol. The number of nitrogens with one attached hydrogen (secondary N) is 1. The Balaban J connectivity index is 2.07. The van der Waals surface area contributed by atoms with Gasteiger partial charge in [0.2, 0.25) is 5.88 Å². The molecule has 0 saturated carbocycles. The number of aromatic nitrogens is 2. The lowest BCUT2D eigenvalue weighted by atomic mass is 10.5. The number of halogens is 1. The minimum Gasteiger partial charge on any atom is -0.469 e. The van der Waals surface area contributed by atoms with Crippen molar-refractivity contribution in [3.05, 3.63) is 35.0 Å². The molecule has 0 aliphatic carbocycles. The fraction of sp³-hybridized carbons (Fsp3) is 0.273. The summed E-state index contributed by atoms with van der Waals surface area (Å²) in [4.78, 5) is 8.16. The summed E-state index contributed by atoms with van der Waals surface area (Å²) in [5.74, 6) is 1.96. The van der Waals surface area contributed by atoms with Crippen molar-refractivity contribution in [2.45, 2.75) is 13.5 Å². The largest absolute Gasteiger partial charge is 0.469 e. The van der Waals surface area contributed by atoms with E-state index in [1.807, 2.05) is 19.1 Å². The smallest absolute Gasteiger partial charge is 0.233 e. The summed E-state index contributed by atoms with van der Waals surface area (Å²) < 4.78 is 11.4. The maximum atomic E-state index is 5.54. The van der Waals surface area contributed by atoms with Crippen LogP contribution >= 0.6 is 15.9 Å². The molecule has 0 radical (unpaired) electrons. The average molecular weight is 298 g/mol. The molecule has 0 fully saturated rings. The van der Waals surface area contributed by atoms with Crippen molar-refractivity contribution in [1.29, 1.82) is 0 Å². The summed E-state index contributed by atoms with van der Waals surface area (Å²) in [6, 6.07) is 3.66. The van der Waals surface area contributed by atoms with Gasteiger partial charge in [0.1, 0.15) is 29.0 Å². The molecule has 2 rings (SSSR count). The Bertz CT molecular complexity index is 474. The first-order valence-electron chi connectivity index (χ1n) is 5.20. The highest BCUT2D eigenvalue weighted by molar-refractivity contribution is 9.10. The maximum Gasteiger partial charge on any atom is 0.233 e. The number of furan rings is 1. The number of rotatable bonds is 5. The van der Waals surface area contributed by atoms with Gasteiger partial charge in [-0.15, -0.1) is 0 Å². The first kappa shape index (κ1) is 11.9. The topological polar surface area (TPSA) is 60.2 Å². The van der Waals surface area contributed by atoms with Gasteiger partial charge in [-0.3, -0.25) is 0 Å². The molecule has 0 spiro atoms. The van der Waals surface area contributed by atoms with Crippen LogP contribution in [0.3, 0.4) is 0 Å². The molecule has 0 saturated heterocycles. The van der Waals surface area contributed by atoms with Crippen molar-refractivity contribution in [2.75, 3.05) is 11.9 Å². The van der Waals surface area contributed by atoms with Crippen LogP contribution in [0.1, 0.15) is 12.7 Å². The summed E-state index contributed by atoms with van der Waals surface area (Å²) in [5.41, 5.74) is 0. The second-order valence-corrected chi connectivity index (χ2v) is 4.03. The molecule has 2 aromatic heterocycles. The highest BCUT2D eigenvalue weighted by Crippen LogP contribution is 2.28. The third-order valence-electron chi connectivity index (χ3n) is 2.03. The van der Waals surface area contributed by atoms with Crippen molar-refractivity contribution < 1.29 is 9.15 Å². The minimum absolute atomic E-state index is 0.341. The van der Waals surface area contributed by atoms with E-state index >= 15 is 0 Å². The molecular formula is C11H12BrN3O2. The van der Waals surface area contributed by atoms with E-state index in [0.717, 1.165) is 18.1 Å². The normalized spacial score (nSPS) is 10.2. The molecule has 6 heteroatoms. The van der Waals surface area contributed by atoms with Crippen LogP contribution in [0.25, 0.3) is 0 Å². The predicted octanol–water partition coefficient (Wildman–Crippen LogP) is 2.84. The zero-order valence-electron chi connectivity index (χ0n) is 9.31. The summed E-state index contributed by atoms with van der Waals surface area (Å²) in [5, 5.41) is 3.11. The van der Waals surface area contributed by atoms with E-state index in [0.29, 0.717) is 17.0 Å². The van der Waals surface area contributed by atoms with Crippen LogP contribution in [0.15, 0.2) is 33.6 Å². The van der Waals surface area contributed by atoms with Crippen LogP contribution in [0.4, 0.5) is 5.82 Å². The summed E-state index contributed by atoms with van der Waals surface area (Å²) in [7, 11) is 0. The van der Waals surface area contributed by atoms with E-state index in [1.165, 1.54) is 6.33 Å². The lowest BCUT2D eigenvalue weighted by molar-refractivity contribution is 0.258. The lowest BCUT2D eigenvalue weighted by Crippen LogP contribution is -2.03. The molecule has 5 nitrogen and oxygen atoms in total. The molecule has 90 valence electrons. The molecule has 0 atom stereocenters. The van der Waals surface area contributed by atoms with Crippen molar-refractivity contribution in [2.24, 2.45) is 0 Å². The molecule has 2 aromatic rings. The van der Waals surface area contributed by atoms with E-state index in [2.05, 4.69) is 31.2 Å². The molecule has 1 N–H and O–H groups in total. The fourth-order valence-corrected chi connectivity index (χ4v) is 1.74. The molecule has 0 unspecified atom stereocenters. The molecule has 2 heterocycles. The molecule has 17 heavy (non-hydrogen) atoms. The quantitative estimate of drug-likeness (QED) is 0.919. The standard InChI is InChI=1S/C11H12BrN3O2/c1-2-13-10-9(12)11(15-7-14-10)17-6-8-4-3-5-16-8/h3-5,7H,2,6H2,1H3,(H,13,14,15). The predicted molar refractivity (Wildman–Crippen MR) is 66.9 cm³/mol. The minimum atomic E-state index is 0.341. The Morgan fingerprint density at radius 2 is 2.35 bits per heavy atom. The first-order chi connectivity index (χ1) is 8.31. The van der Waals surface area contributed by atoms with E-state index in [9.17, 15) is 0 Å². The Labute approximate surface area is 107 Å². The fourth-order valence-electron chi connectivity index (χ4n) is 1.28. The van der Waals surface area contributed by atoms with Gasteiger partial charge in [-0.2, -0.15) is 0 Å². The van der Waals surface area contributed by atoms with Gasteiger partial charge in [-0.25, -0.2) is 9.97 Å². The summed E-state index contributed by atoms with van der Waals surface area (Å²) >= 11 is 3.40. The maximum absolute atomic E-state index is 5.54. The molecule has 0 amide bonds. The number of ether oxygens (including phenoxy) is 1. The number of hydrogen-bond donors (Lipinski definition) is 1.